The molecule has 2 N–H and O–H groups in total. The second-order valence-electron chi connectivity index (χ2n) is 6.29. The summed E-state index contributed by atoms with van der Waals surface area (Å²) in [5.74, 6) is 1.10. The first-order chi connectivity index (χ1) is 10.8. The van der Waals surface area contributed by atoms with Crippen LogP contribution in [-0.2, 0) is 20.1 Å². The van der Waals surface area contributed by atoms with Gasteiger partial charge in [-0.3, -0.25) is 4.79 Å². The van der Waals surface area contributed by atoms with Gasteiger partial charge in [0, 0.05) is 32.4 Å². The van der Waals surface area contributed by atoms with Gasteiger partial charge in [-0.2, -0.15) is 0 Å². The molecule has 0 amide bonds. The second kappa shape index (κ2) is 10.4. The summed E-state index contributed by atoms with van der Waals surface area (Å²) >= 11 is 0. The zero-order chi connectivity index (χ0) is 17.5. The van der Waals surface area contributed by atoms with Crippen LogP contribution in [0.5, 0.6) is 5.75 Å². The summed E-state index contributed by atoms with van der Waals surface area (Å²) < 4.78 is 5.14. The van der Waals surface area contributed by atoms with Crippen LogP contribution in [0.1, 0.15) is 46.1 Å². The summed E-state index contributed by atoms with van der Waals surface area (Å²) in [6.45, 7) is 8.45. The number of carbonyl (C=O) groups excluding carboxylic acids is 1. The maximum Gasteiger partial charge on any atom is 0.316 e. The standard InChI is InChI=1S/C14H18NO.C5H8O2.Ir/c1-14(2)9-4-10-15-13(14)11-5-7-12(16-3)8-6-11;1-4(6)3-5(2)7;/h5,7-8H,4,9-10H2,1-3H3;3,6H,1-2H3;/q-1;;/p+1/b;4-3-;. The molecule has 1 radical (unpaired) electrons. The molecule has 1 aromatic carbocycles. The predicted octanol–water partition coefficient (Wildman–Crippen LogP) is 4.11. The van der Waals surface area contributed by atoms with Crippen LogP contribution < -0.4 is 4.74 Å². The number of ether oxygens (including phenoxy) is 1. The Morgan fingerprint density at radius 3 is 2.42 bits per heavy atom. The Morgan fingerprint density at radius 2 is 2.04 bits per heavy atom. The number of ketones is 1. The van der Waals surface area contributed by atoms with Crippen molar-refractivity contribution in [3.05, 3.63) is 41.7 Å². The number of aliphatic hydroxyl groups excluding tert-OH is 1. The molecule has 24 heavy (non-hydrogen) atoms. The van der Waals surface area contributed by atoms with Crippen LogP contribution in [0, 0.1) is 11.5 Å². The summed E-state index contributed by atoms with van der Waals surface area (Å²) in [5, 5.41) is 8.40. The largest absolute Gasteiger partial charge is 0.540 e. The molecule has 0 fully saturated rings. The average molecular weight is 510 g/mol. The summed E-state index contributed by atoms with van der Waals surface area (Å²) in [7, 11) is 1.67. The second-order valence-corrected chi connectivity index (χ2v) is 6.29. The van der Waals surface area contributed by atoms with E-state index in [0.29, 0.717) is 0 Å². The van der Waals surface area contributed by atoms with Crippen LogP contribution in [0.2, 0.25) is 0 Å². The van der Waals surface area contributed by atoms with Gasteiger partial charge in [0.15, 0.2) is 0 Å². The minimum Gasteiger partial charge on any atom is -0.540 e. The van der Waals surface area contributed by atoms with E-state index >= 15 is 0 Å². The number of aliphatic hydroxyl groups is 1. The van der Waals surface area contributed by atoms with E-state index in [1.165, 1.54) is 38.5 Å². The Morgan fingerprint density at radius 1 is 1.38 bits per heavy atom. The van der Waals surface area contributed by atoms with Crippen LogP contribution in [-0.4, -0.2) is 35.1 Å². The van der Waals surface area contributed by atoms with Crippen LogP contribution >= 0.6 is 0 Å². The molecule has 4 nitrogen and oxygen atoms in total. The molecule has 0 spiro atoms. The quantitative estimate of drug-likeness (QED) is 0.289. The third-order valence-corrected chi connectivity index (χ3v) is 3.56. The molecule has 0 unspecified atom stereocenters. The topological polar surface area (TPSA) is 63.2 Å². The van der Waals surface area contributed by atoms with Crippen molar-refractivity contribution in [2.45, 2.75) is 40.5 Å². The molecule has 0 aromatic heterocycles. The monoisotopic (exact) mass is 510 g/mol. The average Bonchev–Trinajstić information content (AvgIpc) is 2.46. The van der Waals surface area contributed by atoms with E-state index in [9.17, 15) is 0 Å². The molecule has 0 atom stereocenters. The summed E-state index contributed by atoms with van der Waals surface area (Å²) in [6.07, 6.45) is 3.67. The Balaban J connectivity index is 0.000000570. The number of allylic oxidation sites excluding steroid dienone is 2. The van der Waals surface area contributed by atoms with Crippen molar-refractivity contribution >= 4 is 11.5 Å². The molecular formula is C19H27IrNO3. The molecule has 0 saturated carbocycles. The first kappa shape index (κ1) is 22.5. The molecular weight excluding hydrogens is 482 g/mol. The Hall–Kier alpha value is -1.45. The molecule has 135 valence electrons. The Labute approximate surface area is 158 Å². The van der Waals surface area contributed by atoms with Gasteiger partial charge in [0.25, 0.3) is 0 Å². The molecule has 0 saturated heterocycles. The van der Waals surface area contributed by atoms with Gasteiger partial charge in [-0.1, -0.05) is 13.8 Å². The van der Waals surface area contributed by atoms with Crippen molar-refractivity contribution in [2.24, 2.45) is 10.4 Å². The van der Waals surface area contributed by atoms with Crippen molar-refractivity contribution < 1.29 is 34.7 Å². The Kier molecular flexibility index (Phi) is 9.79. The minimum absolute atomic E-state index is 0. The molecule has 0 aliphatic carbocycles. The van der Waals surface area contributed by atoms with E-state index in [2.05, 4.69) is 24.9 Å². The smallest absolute Gasteiger partial charge is 0.316 e. The first-order valence-electron chi connectivity index (χ1n) is 7.77. The van der Waals surface area contributed by atoms with Crippen molar-refractivity contribution in [1.82, 2.24) is 0 Å². The number of benzene rings is 1. The van der Waals surface area contributed by atoms with E-state index in [1.54, 1.807) is 7.11 Å². The summed E-state index contributed by atoms with van der Waals surface area (Å²) in [6, 6.07) is 9.15. The fraction of sp³-hybridized carbons (Fsp3) is 0.474. The predicted molar refractivity (Wildman–Crippen MR) is 95.3 cm³/mol. The SMILES string of the molecule is CC(=[OH+])/C=C(/C)O.COc1c[c-]c(C2=NCCCC2(C)C)cc1.[Ir]. The van der Waals surface area contributed by atoms with E-state index in [4.69, 9.17) is 14.6 Å². The van der Waals surface area contributed by atoms with Gasteiger partial charge in [0.05, 0.1) is 25.9 Å². The van der Waals surface area contributed by atoms with E-state index in [0.717, 1.165) is 17.9 Å². The third kappa shape index (κ3) is 7.41. The molecule has 2 rings (SSSR count). The van der Waals surface area contributed by atoms with Gasteiger partial charge in [0.1, 0.15) is 0 Å². The van der Waals surface area contributed by atoms with Crippen LogP contribution in [0.4, 0.5) is 0 Å². The van der Waals surface area contributed by atoms with E-state index < -0.39 is 0 Å². The van der Waals surface area contributed by atoms with Crippen LogP contribution in [0.25, 0.3) is 0 Å². The van der Waals surface area contributed by atoms with Crippen LogP contribution in [0.15, 0.2) is 35.0 Å². The fourth-order valence-electron chi connectivity index (χ4n) is 2.48. The van der Waals surface area contributed by atoms with Crippen molar-refractivity contribution in [3.8, 4) is 5.75 Å². The maximum atomic E-state index is 8.40. The molecule has 5 heteroatoms. The number of nitrogens with zero attached hydrogens (tertiary/aromatic N) is 1. The zero-order valence-corrected chi connectivity index (χ0v) is 17.4. The van der Waals surface area contributed by atoms with Crippen molar-refractivity contribution in [1.29, 1.82) is 0 Å². The normalized spacial score (nSPS) is 16.0. The van der Waals surface area contributed by atoms with Gasteiger partial charge in [-0.15, -0.1) is 29.8 Å². The molecule has 1 aromatic rings. The van der Waals surface area contributed by atoms with E-state index in [-0.39, 0.29) is 37.1 Å². The van der Waals surface area contributed by atoms with Crippen molar-refractivity contribution in [3.63, 3.8) is 0 Å². The summed E-state index contributed by atoms with van der Waals surface area (Å²) in [4.78, 5) is 13.1. The van der Waals surface area contributed by atoms with Crippen LogP contribution in [0.3, 0.4) is 0 Å². The maximum absolute atomic E-state index is 8.40. The molecule has 1 aliphatic rings. The molecule has 1 aliphatic heterocycles. The van der Waals surface area contributed by atoms with Gasteiger partial charge >= 0.3 is 5.78 Å². The first-order valence-corrected chi connectivity index (χ1v) is 7.77. The fourth-order valence-corrected chi connectivity index (χ4v) is 2.48. The number of aliphatic imine (C=N–C) groups is 1. The number of hydrogen-bond donors (Lipinski definition) is 1. The Bertz CT molecular complexity index is 585. The molecule has 1 heterocycles. The van der Waals surface area contributed by atoms with Gasteiger partial charge in [-0.05, 0) is 30.9 Å². The van der Waals surface area contributed by atoms with Gasteiger partial charge < -0.3 is 14.8 Å². The number of methoxy groups -OCH3 is 1. The van der Waals surface area contributed by atoms with E-state index in [1.807, 2.05) is 18.2 Å². The van der Waals surface area contributed by atoms with Gasteiger partial charge in [0.2, 0.25) is 0 Å². The summed E-state index contributed by atoms with van der Waals surface area (Å²) in [5.41, 5.74) is 2.45. The number of hydrogen-bond acceptors (Lipinski definition) is 3. The third-order valence-electron chi connectivity index (χ3n) is 3.56. The number of rotatable bonds is 3. The zero-order valence-electron chi connectivity index (χ0n) is 15.0. The minimum atomic E-state index is 0. The molecule has 0 bridgehead atoms. The van der Waals surface area contributed by atoms with Gasteiger partial charge in [-0.25, -0.2) is 0 Å². The van der Waals surface area contributed by atoms with Crippen molar-refractivity contribution in [2.75, 3.05) is 13.7 Å².